The smallest absolute Gasteiger partial charge is 0.0540 e. The van der Waals surface area contributed by atoms with Crippen molar-refractivity contribution in [2.75, 3.05) is 0 Å². The number of rotatable bonds is 0. The molecule has 1 aliphatic rings. The second kappa shape index (κ2) is 4.20. The van der Waals surface area contributed by atoms with Gasteiger partial charge in [0.2, 0.25) is 0 Å². The van der Waals surface area contributed by atoms with Crippen molar-refractivity contribution in [2.45, 2.75) is 50.0 Å². The van der Waals surface area contributed by atoms with Gasteiger partial charge in [-0.2, -0.15) is 0 Å². The Morgan fingerprint density at radius 2 is 1.70 bits per heavy atom. The van der Waals surface area contributed by atoms with Crippen LogP contribution in [0.3, 0.4) is 0 Å². The number of aliphatic hydroxyl groups is 1. The Kier molecular flexibility index (Phi) is 3.50. The van der Waals surface area contributed by atoms with Crippen molar-refractivity contribution in [3.63, 3.8) is 0 Å². The molecule has 0 aromatic rings. The SMILES string of the molecule is OC1CCCCC(Cl)CC1. The first-order valence-corrected chi connectivity index (χ1v) is 4.55. The highest BCUT2D eigenvalue weighted by molar-refractivity contribution is 6.20. The fourth-order valence-electron chi connectivity index (χ4n) is 1.41. The summed E-state index contributed by atoms with van der Waals surface area (Å²) in [4.78, 5) is 0. The molecule has 0 amide bonds. The maximum Gasteiger partial charge on any atom is 0.0540 e. The molecule has 2 atom stereocenters. The van der Waals surface area contributed by atoms with Gasteiger partial charge in [0.15, 0.2) is 0 Å². The molecule has 0 bridgehead atoms. The largest absolute Gasteiger partial charge is 0.393 e. The second-order valence-corrected chi connectivity index (χ2v) is 3.73. The average molecular weight is 163 g/mol. The van der Waals surface area contributed by atoms with E-state index < -0.39 is 0 Å². The van der Waals surface area contributed by atoms with Crippen LogP contribution in [0.25, 0.3) is 0 Å². The Balaban J connectivity index is 2.23. The summed E-state index contributed by atoms with van der Waals surface area (Å²) >= 11 is 5.95. The molecule has 60 valence electrons. The molecule has 0 saturated heterocycles. The number of hydrogen-bond donors (Lipinski definition) is 1. The van der Waals surface area contributed by atoms with Crippen LogP contribution in [-0.4, -0.2) is 16.6 Å². The molecular weight excluding hydrogens is 148 g/mol. The average Bonchev–Trinajstić information content (AvgIpc) is 1.90. The van der Waals surface area contributed by atoms with Gasteiger partial charge in [0.05, 0.1) is 6.10 Å². The molecule has 1 rings (SSSR count). The van der Waals surface area contributed by atoms with E-state index in [2.05, 4.69) is 0 Å². The standard InChI is InChI=1S/C8H15ClO/c9-7-3-1-2-4-8(10)6-5-7/h7-8,10H,1-6H2. The van der Waals surface area contributed by atoms with Crippen LogP contribution in [0.15, 0.2) is 0 Å². The van der Waals surface area contributed by atoms with Crippen LogP contribution >= 0.6 is 11.6 Å². The molecule has 10 heavy (non-hydrogen) atoms. The van der Waals surface area contributed by atoms with Gasteiger partial charge in [0.25, 0.3) is 0 Å². The topological polar surface area (TPSA) is 20.2 Å². The van der Waals surface area contributed by atoms with Crippen molar-refractivity contribution in [1.82, 2.24) is 0 Å². The number of aliphatic hydroxyl groups excluding tert-OH is 1. The van der Waals surface area contributed by atoms with Crippen molar-refractivity contribution in [2.24, 2.45) is 0 Å². The molecule has 0 aromatic heterocycles. The van der Waals surface area contributed by atoms with Gasteiger partial charge in [-0.3, -0.25) is 0 Å². The normalized spacial score (nSPS) is 36.6. The first-order chi connectivity index (χ1) is 4.79. The van der Waals surface area contributed by atoms with Crippen molar-refractivity contribution >= 4 is 11.6 Å². The van der Waals surface area contributed by atoms with E-state index in [-0.39, 0.29) is 6.10 Å². The van der Waals surface area contributed by atoms with Crippen LogP contribution in [0.4, 0.5) is 0 Å². The maximum absolute atomic E-state index is 9.27. The zero-order chi connectivity index (χ0) is 7.40. The second-order valence-electron chi connectivity index (χ2n) is 3.11. The lowest BCUT2D eigenvalue weighted by molar-refractivity contribution is 0.142. The number of halogens is 1. The summed E-state index contributed by atoms with van der Waals surface area (Å²) in [5, 5.41) is 9.59. The molecule has 0 aromatic carbocycles. The summed E-state index contributed by atoms with van der Waals surface area (Å²) in [6.45, 7) is 0. The first-order valence-electron chi connectivity index (χ1n) is 4.11. The van der Waals surface area contributed by atoms with E-state index in [1.54, 1.807) is 0 Å². The van der Waals surface area contributed by atoms with Gasteiger partial charge < -0.3 is 5.11 Å². The predicted octanol–water partition coefficient (Wildman–Crippen LogP) is 2.31. The van der Waals surface area contributed by atoms with Gasteiger partial charge in [0, 0.05) is 5.38 Å². The summed E-state index contributed by atoms with van der Waals surface area (Å²) in [7, 11) is 0. The third kappa shape index (κ3) is 2.89. The Morgan fingerprint density at radius 1 is 1.00 bits per heavy atom. The third-order valence-corrected chi connectivity index (χ3v) is 2.55. The molecule has 0 radical (unpaired) electrons. The Bertz CT molecular complexity index is 83.3. The van der Waals surface area contributed by atoms with Gasteiger partial charge in [0.1, 0.15) is 0 Å². The minimum atomic E-state index is -0.0819. The Morgan fingerprint density at radius 3 is 2.50 bits per heavy atom. The predicted molar refractivity (Wildman–Crippen MR) is 43.3 cm³/mol. The van der Waals surface area contributed by atoms with Crippen LogP contribution in [-0.2, 0) is 0 Å². The summed E-state index contributed by atoms with van der Waals surface area (Å²) in [6, 6.07) is 0. The van der Waals surface area contributed by atoms with Gasteiger partial charge in [-0.15, -0.1) is 11.6 Å². The zero-order valence-corrected chi connectivity index (χ0v) is 6.98. The minimum Gasteiger partial charge on any atom is -0.393 e. The van der Waals surface area contributed by atoms with Crippen molar-refractivity contribution in [3.05, 3.63) is 0 Å². The summed E-state index contributed by atoms with van der Waals surface area (Å²) in [5.41, 5.74) is 0. The van der Waals surface area contributed by atoms with E-state index >= 15 is 0 Å². The maximum atomic E-state index is 9.27. The Hall–Kier alpha value is 0.250. The lowest BCUT2D eigenvalue weighted by Gasteiger charge is -2.17. The van der Waals surface area contributed by atoms with E-state index in [9.17, 15) is 5.11 Å². The van der Waals surface area contributed by atoms with Crippen molar-refractivity contribution < 1.29 is 5.11 Å². The number of alkyl halides is 1. The Labute approximate surface area is 67.4 Å². The van der Waals surface area contributed by atoms with Crippen LogP contribution in [0.2, 0.25) is 0 Å². The molecule has 2 heteroatoms. The highest BCUT2D eigenvalue weighted by atomic mass is 35.5. The molecule has 2 unspecified atom stereocenters. The highest BCUT2D eigenvalue weighted by Gasteiger charge is 2.12. The summed E-state index contributed by atoms with van der Waals surface area (Å²) in [6.07, 6.45) is 6.24. The van der Waals surface area contributed by atoms with E-state index in [0.717, 1.165) is 32.1 Å². The zero-order valence-electron chi connectivity index (χ0n) is 6.22. The van der Waals surface area contributed by atoms with Crippen LogP contribution in [0.1, 0.15) is 38.5 Å². The highest BCUT2D eigenvalue weighted by Crippen LogP contribution is 2.20. The molecule has 1 saturated carbocycles. The van der Waals surface area contributed by atoms with E-state index in [4.69, 9.17) is 11.6 Å². The molecule has 0 aliphatic heterocycles. The van der Waals surface area contributed by atoms with Gasteiger partial charge in [-0.05, 0) is 25.7 Å². The van der Waals surface area contributed by atoms with Gasteiger partial charge >= 0.3 is 0 Å². The van der Waals surface area contributed by atoms with Crippen LogP contribution in [0.5, 0.6) is 0 Å². The van der Waals surface area contributed by atoms with Crippen molar-refractivity contribution in [1.29, 1.82) is 0 Å². The van der Waals surface area contributed by atoms with E-state index in [1.807, 2.05) is 0 Å². The molecule has 0 heterocycles. The molecule has 1 nitrogen and oxygen atoms in total. The van der Waals surface area contributed by atoms with E-state index in [1.165, 1.54) is 6.42 Å². The first kappa shape index (κ1) is 8.35. The lowest BCUT2D eigenvalue weighted by atomic mass is 9.98. The van der Waals surface area contributed by atoms with Crippen LogP contribution < -0.4 is 0 Å². The molecule has 1 fully saturated rings. The summed E-state index contributed by atoms with van der Waals surface area (Å²) < 4.78 is 0. The number of hydrogen-bond acceptors (Lipinski definition) is 1. The van der Waals surface area contributed by atoms with Crippen molar-refractivity contribution in [3.8, 4) is 0 Å². The third-order valence-electron chi connectivity index (χ3n) is 2.12. The molecule has 1 aliphatic carbocycles. The van der Waals surface area contributed by atoms with Crippen LogP contribution in [0, 0.1) is 0 Å². The minimum absolute atomic E-state index is 0.0819. The lowest BCUT2D eigenvalue weighted by Crippen LogP contribution is -2.13. The van der Waals surface area contributed by atoms with Gasteiger partial charge in [-0.1, -0.05) is 12.8 Å². The van der Waals surface area contributed by atoms with E-state index in [0.29, 0.717) is 5.38 Å². The monoisotopic (exact) mass is 162 g/mol. The quantitative estimate of drug-likeness (QED) is 0.542. The van der Waals surface area contributed by atoms with Gasteiger partial charge in [-0.25, -0.2) is 0 Å². The molecule has 1 N–H and O–H groups in total. The summed E-state index contributed by atoms with van der Waals surface area (Å²) in [5.74, 6) is 0. The fourth-order valence-corrected chi connectivity index (χ4v) is 1.69. The molecule has 0 spiro atoms. The molecular formula is C8H15ClO. The fraction of sp³-hybridized carbons (Fsp3) is 1.00.